The lowest BCUT2D eigenvalue weighted by Gasteiger charge is -2.11. The highest BCUT2D eigenvalue weighted by atomic mass is 32.2. The van der Waals surface area contributed by atoms with Gasteiger partial charge < -0.3 is 11.1 Å². The predicted octanol–water partition coefficient (Wildman–Crippen LogP) is 2.81. The average molecular weight is 474 g/mol. The zero-order valence-corrected chi connectivity index (χ0v) is 18.5. The van der Waals surface area contributed by atoms with Crippen LogP contribution in [0, 0.1) is 0 Å². The lowest BCUT2D eigenvalue weighted by molar-refractivity contribution is 0.0997. The first-order valence-corrected chi connectivity index (χ1v) is 11.5. The van der Waals surface area contributed by atoms with E-state index in [1.165, 1.54) is 18.3 Å². The number of hydrogen-bond donors (Lipinski definition) is 3. The van der Waals surface area contributed by atoms with E-state index in [-0.39, 0.29) is 16.3 Å². The first-order valence-electron chi connectivity index (χ1n) is 9.99. The summed E-state index contributed by atoms with van der Waals surface area (Å²) in [5, 5.41) is 7.99. The Kier molecular flexibility index (Phi) is 6.17. The minimum atomic E-state index is -3.89. The molecule has 4 rings (SSSR count). The number of amides is 2. The summed E-state index contributed by atoms with van der Waals surface area (Å²) in [6.45, 7) is 0. The summed E-state index contributed by atoms with van der Waals surface area (Å²) >= 11 is 0. The van der Waals surface area contributed by atoms with Gasteiger partial charge in [0.2, 0.25) is 10.0 Å². The fraction of sp³-hybridized carbons (Fsp3) is 0. The highest BCUT2D eigenvalue weighted by Crippen LogP contribution is 2.28. The number of hydrogen-bond acceptors (Lipinski definition) is 6. The van der Waals surface area contributed by atoms with E-state index in [4.69, 9.17) is 10.9 Å². The summed E-state index contributed by atoms with van der Waals surface area (Å²) < 4.78 is 23.4. The Bertz CT molecular complexity index is 1500. The Balaban J connectivity index is 1.61. The Morgan fingerprint density at radius 1 is 0.824 bits per heavy atom. The van der Waals surface area contributed by atoms with Crippen LogP contribution in [-0.4, -0.2) is 30.2 Å². The van der Waals surface area contributed by atoms with Crippen molar-refractivity contribution < 1.29 is 18.0 Å². The molecule has 0 saturated heterocycles. The van der Waals surface area contributed by atoms with Gasteiger partial charge in [-0.25, -0.2) is 18.5 Å². The molecule has 4 aromatic rings. The van der Waals surface area contributed by atoms with E-state index < -0.39 is 21.8 Å². The molecule has 0 bridgehead atoms. The Morgan fingerprint density at radius 2 is 1.53 bits per heavy atom. The van der Waals surface area contributed by atoms with Gasteiger partial charge in [-0.15, -0.1) is 0 Å². The summed E-state index contributed by atoms with van der Waals surface area (Å²) in [6, 6.07) is 19.2. The van der Waals surface area contributed by atoms with Gasteiger partial charge in [0.25, 0.3) is 11.8 Å². The fourth-order valence-electron chi connectivity index (χ4n) is 3.37. The molecule has 10 heteroatoms. The van der Waals surface area contributed by atoms with E-state index in [2.05, 4.69) is 15.3 Å². The highest BCUT2D eigenvalue weighted by molar-refractivity contribution is 7.89. The van der Waals surface area contributed by atoms with Crippen LogP contribution in [0.2, 0.25) is 0 Å². The third-order valence-corrected chi connectivity index (χ3v) is 5.92. The Morgan fingerprint density at radius 3 is 2.24 bits per heavy atom. The van der Waals surface area contributed by atoms with Crippen LogP contribution in [0.5, 0.6) is 0 Å². The lowest BCUT2D eigenvalue weighted by Crippen LogP contribution is -2.14. The van der Waals surface area contributed by atoms with Crippen LogP contribution in [0.4, 0.5) is 5.82 Å². The minimum absolute atomic E-state index is 0.0495. The molecule has 5 N–H and O–H groups in total. The lowest BCUT2D eigenvalue weighted by atomic mass is 10.0. The maximum atomic E-state index is 12.9. The SMILES string of the molecule is NC(=O)c1cccnc1-c1ccc(C(=O)Nc2ncccc2-c2cccc(S(N)(=O)=O)c2)cc1. The topological polar surface area (TPSA) is 158 Å². The summed E-state index contributed by atoms with van der Waals surface area (Å²) in [5.41, 5.74) is 8.14. The molecule has 0 saturated carbocycles. The molecule has 2 amide bonds. The average Bonchev–Trinajstić information content (AvgIpc) is 2.84. The third-order valence-electron chi connectivity index (χ3n) is 5.01. The van der Waals surface area contributed by atoms with Crippen molar-refractivity contribution in [1.29, 1.82) is 0 Å². The molecule has 0 atom stereocenters. The molecule has 2 heterocycles. The largest absolute Gasteiger partial charge is 0.366 e. The summed E-state index contributed by atoms with van der Waals surface area (Å²) in [5.74, 6) is -0.770. The van der Waals surface area contributed by atoms with E-state index in [0.717, 1.165) is 0 Å². The number of pyridine rings is 2. The normalized spacial score (nSPS) is 11.1. The van der Waals surface area contributed by atoms with Crippen molar-refractivity contribution in [3.8, 4) is 22.4 Å². The number of carbonyl (C=O) groups is 2. The number of nitrogens with one attached hydrogen (secondary N) is 1. The summed E-state index contributed by atoms with van der Waals surface area (Å²) in [6.07, 6.45) is 3.06. The number of nitrogens with zero attached hydrogens (tertiary/aromatic N) is 2. The van der Waals surface area contributed by atoms with Crippen molar-refractivity contribution in [2.45, 2.75) is 4.90 Å². The van der Waals surface area contributed by atoms with Gasteiger partial charge in [0.05, 0.1) is 16.2 Å². The molecule has 0 spiro atoms. The first kappa shape index (κ1) is 22.8. The van der Waals surface area contributed by atoms with Crippen molar-refractivity contribution in [1.82, 2.24) is 9.97 Å². The molecule has 9 nitrogen and oxygen atoms in total. The fourth-order valence-corrected chi connectivity index (χ4v) is 3.93. The number of carbonyl (C=O) groups excluding carboxylic acids is 2. The zero-order valence-electron chi connectivity index (χ0n) is 17.7. The van der Waals surface area contributed by atoms with Gasteiger partial charge in [-0.1, -0.05) is 24.3 Å². The zero-order chi connectivity index (χ0) is 24.3. The number of anilines is 1. The molecular formula is C24H19N5O4S. The van der Waals surface area contributed by atoms with Gasteiger partial charge in [-0.05, 0) is 54.1 Å². The van der Waals surface area contributed by atoms with Crippen molar-refractivity contribution in [3.05, 3.63) is 96.3 Å². The van der Waals surface area contributed by atoms with E-state index >= 15 is 0 Å². The Labute approximate surface area is 195 Å². The smallest absolute Gasteiger partial charge is 0.256 e. The van der Waals surface area contributed by atoms with Crippen LogP contribution in [0.15, 0.2) is 90.1 Å². The molecule has 2 aromatic heterocycles. The van der Waals surface area contributed by atoms with Crippen molar-refractivity contribution in [3.63, 3.8) is 0 Å². The van der Waals surface area contributed by atoms with Gasteiger partial charge in [0, 0.05) is 29.1 Å². The standard InChI is InChI=1S/C24H19N5O4S/c25-22(30)20-7-3-12-27-21(20)15-8-10-16(11-9-15)24(31)29-23-19(6-2-13-28-23)17-4-1-5-18(14-17)34(26,32)33/h1-14H,(H2,25,30)(H2,26,32,33)(H,28,29,31). The first-order chi connectivity index (χ1) is 16.2. The van der Waals surface area contributed by atoms with Crippen molar-refractivity contribution in [2.24, 2.45) is 10.9 Å². The van der Waals surface area contributed by atoms with Gasteiger partial charge in [0.1, 0.15) is 5.82 Å². The number of primary sulfonamides is 1. The molecular weight excluding hydrogens is 454 g/mol. The maximum absolute atomic E-state index is 12.9. The monoisotopic (exact) mass is 473 g/mol. The van der Waals surface area contributed by atoms with E-state index in [1.807, 2.05) is 0 Å². The molecule has 2 aromatic carbocycles. The molecule has 0 unspecified atom stereocenters. The number of aromatic nitrogens is 2. The highest BCUT2D eigenvalue weighted by Gasteiger charge is 2.15. The molecule has 34 heavy (non-hydrogen) atoms. The van der Waals surface area contributed by atoms with Crippen LogP contribution in [0.25, 0.3) is 22.4 Å². The molecule has 0 aliphatic rings. The number of nitrogens with two attached hydrogens (primary N) is 2. The van der Waals surface area contributed by atoms with Crippen LogP contribution in [0.3, 0.4) is 0 Å². The number of sulfonamides is 1. The van der Waals surface area contributed by atoms with E-state index in [1.54, 1.807) is 66.9 Å². The number of benzene rings is 2. The second kappa shape index (κ2) is 9.22. The molecule has 170 valence electrons. The van der Waals surface area contributed by atoms with E-state index in [0.29, 0.717) is 27.9 Å². The number of rotatable bonds is 6. The maximum Gasteiger partial charge on any atom is 0.256 e. The summed E-state index contributed by atoms with van der Waals surface area (Å²) in [7, 11) is -3.89. The second-order valence-corrected chi connectivity index (χ2v) is 8.83. The predicted molar refractivity (Wildman–Crippen MR) is 127 cm³/mol. The van der Waals surface area contributed by atoms with Gasteiger partial charge >= 0.3 is 0 Å². The molecule has 0 aliphatic heterocycles. The van der Waals surface area contributed by atoms with Gasteiger partial charge in [0.15, 0.2) is 0 Å². The minimum Gasteiger partial charge on any atom is -0.366 e. The number of primary amides is 1. The van der Waals surface area contributed by atoms with Gasteiger partial charge in [-0.3, -0.25) is 14.6 Å². The Hall–Kier alpha value is -4.41. The molecule has 0 radical (unpaired) electrons. The molecule has 0 fully saturated rings. The van der Waals surface area contributed by atoms with Crippen LogP contribution in [-0.2, 0) is 10.0 Å². The van der Waals surface area contributed by atoms with Crippen molar-refractivity contribution in [2.75, 3.05) is 5.32 Å². The van der Waals surface area contributed by atoms with Gasteiger partial charge in [-0.2, -0.15) is 0 Å². The van der Waals surface area contributed by atoms with Crippen molar-refractivity contribution >= 4 is 27.7 Å². The summed E-state index contributed by atoms with van der Waals surface area (Å²) in [4.78, 5) is 33.0. The van der Waals surface area contributed by atoms with E-state index in [9.17, 15) is 18.0 Å². The second-order valence-electron chi connectivity index (χ2n) is 7.27. The van der Waals surface area contributed by atoms with Crippen LogP contribution >= 0.6 is 0 Å². The van der Waals surface area contributed by atoms with Crippen LogP contribution < -0.4 is 16.2 Å². The quantitative estimate of drug-likeness (QED) is 0.391. The van der Waals surface area contributed by atoms with Crippen LogP contribution in [0.1, 0.15) is 20.7 Å². The molecule has 0 aliphatic carbocycles. The third kappa shape index (κ3) is 4.82.